The first kappa shape index (κ1) is 18.0. The molecule has 8 heteroatoms. The lowest BCUT2D eigenvalue weighted by Crippen LogP contribution is -2.22. The summed E-state index contributed by atoms with van der Waals surface area (Å²) in [5.41, 5.74) is 7.02. The molecule has 2 aromatic carbocycles. The Labute approximate surface area is 146 Å². The molecule has 0 aliphatic carbocycles. The highest BCUT2D eigenvalue weighted by molar-refractivity contribution is 9.10. The molecule has 0 unspecified atom stereocenters. The predicted octanol–water partition coefficient (Wildman–Crippen LogP) is 3.99. The van der Waals surface area contributed by atoms with Crippen molar-refractivity contribution in [3.63, 3.8) is 0 Å². The Morgan fingerprint density at radius 1 is 1.29 bits per heavy atom. The maximum atomic E-state index is 12.4. The number of guanidine groups is 1. The van der Waals surface area contributed by atoms with Crippen LogP contribution in [0.1, 0.15) is 5.56 Å². The van der Waals surface area contributed by atoms with Crippen molar-refractivity contribution in [3.05, 3.63) is 52.5 Å². The lowest BCUT2D eigenvalue weighted by atomic mass is 10.2. The number of methoxy groups -OCH3 is 1. The minimum absolute atomic E-state index is 0.0612. The zero-order valence-electron chi connectivity index (χ0n) is 12.8. The van der Waals surface area contributed by atoms with Gasteiger partial charge in [-0.1, -0.05) is 22.0 Å². The molecule has 5 nitrogen and oxygen atoms in total. The van der Waals surface area contributed by atoms with Crippen LogP contribution in [0.4, 0.5) is 14.5 Å². The molecular weight excluding hydrogens is 384 g/mol. The predicted molar refractivity (Wildman–Crippen MR) is 92.7 cm³/mol. The Morgan fingerprint density at radius 2 is 2.08 bits per heavy atom. The number of rotatable bonds is 6. The average Bonchev–Trinajstić information content (AvgIpc) is 2.55. The van der Waals surface area contributed by atoms with E-state index in [1.54, 1.807) is 43.5 Å². The van der Waals surface area contributed by atoms with Crippen LogP contribution >= 0.6 is 15.9 Å². The maximum Gasteiger partial charge on any atom is 0.387 e. The number of nitrogens with two attached hydrogens (primary N) is 1. The van der Waals surface area contributed by atoms with Crippen LogP contribution in [0.3, 0.4) is 0 Å². The number of ether oxygens (including phenoxy) is 2. The van der Waals surface area contributed by atoms with Crippen molar-refractivity contribution in [3.8, 4) is 11.5 Å². The second-order valence-electron chi connectivity index (χ2n) is 4.69. The molecular formula is C16H16BrF2N3O2. The van der Waals surface area contributed by atoms with Crippen LogP contribution in [0, 0.1) is 0 Å². The van der Waals surface area contributed by atoms with Crippen molar-refractivity contribution in [1.82, 2.24) is 0 Å². The summed E-state index contributed by atoms with van der Waals surface area (Å²) in [6, 6.07) is 11.9. The molecule has 0 aromatic heterocycles. The third kappa shape index (κ3) is 5.38. The van der Waals surface area contributed by atoms with E-state index in [0.29, 0.717) is 17.0 Å². The zero-order chi connectivity index (χ0) is 17.5. The summed E-state index contributed by atoms with van der Waals surface area (Å²) in [6.07, 6.45) is 0. The van der Waals surface area contributed by atoms with E-state index in [4.69, 9.17) is 10.5 Å². The van der Waals surface area contributed by atoms with E-state index < -0.39 is 6.61 Å². The standard InChI is InChI=1S/C16H16BrF2N3O2/c1-23-13-4-2-3-12(8-13)22-16(20)21-9-10-7-11(17)5-6-14(10)24-15(18)19/h2-8,15H,9H2,1H3,(H3,20,21,22). The fraction of sp³-hybridized carbons (Fsp3) is 0.188. The van der Waals surface area contributed by atoms with Crippen LogP contribution in [0.15, 0.2) is 51.9 Å². The number of aliphatic imine (C=N–C) groups is 1. The number of hydrogen-bond donors (Lipinski definition) is 2. The van der Waals surface area contributed by atoms with Gasteiger partial charge in [0.1, 0.15) is 11.5 Å². The van der Waals surface area contributed by atoms with Gasteiger partial charge in [-0.15, -0.1) is 0 Å². The van der Waals surface area contributed by atoms with Crippen molar-refractivity contribution in [2.75, 3.05) is 12.4 Å². The third-order valence-electron chi connectivity index (χ3n) is 3.00. The number of anilines is 1. The summed E-state index contributed by atoms with van der Waals surface area (Å²) in [4.78, 5) is 4.15. The van der Waals surface area contributed by atoms with E-state index in [0.717, 1.165) is 4.47 Å². The Bertz CT molecular complexity index is 726. The van der Waals surface area contributed by atoms with E-state index in [-0.39, 0.29) is 18.3 Å². The highest BCUT2D eigenvalue weighted by Crippen LogP contribution is 2.25. The Balaban J connectivity index is 2.10. The van der Waals surface area contributed by atoms with E-state index in [1.165, 1.54) is 6.07 Å². The number of nitrogens with one attached hydrogen (secondary N) is 1. The minimum Gasteiger partial charge on any atom is -0.497 e. The van der Waals surface area contributed by atoms with Gasteiger partial charge in [-0.3, -0.25) is 0 Å². The molecule has 0 heterocycles. The van der Waals surface area contributed by atoms with E-state index in [9.17, 15) is 8.78 Å². The lowest BCUT2D eigenvalue weighted by Gasteiger charge is -2.11. The average molecular weight is 400 g/mol. The van der Waals surface area contributed by atoms with Crippen LogP contribution in [0.2, 0.25) is 0 Å². The fourth-order valence-electron chi connectivity index (χ4n) is 1.94. The minimum atomic E-state index is -2.90. The van der Waals surface area contributed by atoms with Gasteiger partial charge in [-0.25, -0.2) is 4.99 Å². The molecule has 3 N–H and O–H groups in total. The topological polar surface area (TPSA) is 68.9 Å². The summed E-state index contributed by atoms with van der Waals surface area (Å²) in [5, 5.41) is 2.91. The second kappa shape index (κ2) is 8.49. The van der Waals surface area contributed by atoms with Gasteiger partial charge in [0.2, 0.25) is 0 Å². The number of alkyl halides is 2. The first-order valence-corrected chi connectivity index (χ1v) is 7.71. The smallest absolute Gasteiger partial charge is 0.387 e. The SMILES string of the molecule is COc1cccc(NC(N)=NCc2cc(Br)ccc2OC(F)F)c1. The summed E-state index contributed by atoms with van der Waals surface area (Å²) < 4.78 is 35.2. The molecule has 0 radical (unpaired) electrons. The van der Waals surface area contributed by atoms with Crippen LogP contribution in [-0.2, 0) is 6.54 Å². The van der Waals surface area contributed by atoms with Crippen molar-refractivity contribution in [2.24, 2.45) is 10.7 Å². The number of benzene rings is 2. The van der Waals surface area contributed by atoms with Gasteiger partial charge in [0.05, 0.1) is 13.7 Å². The quantitative estimate of drug-likeness (QED) is 0.569. The third-order valence-corrected chi connectivity index (χ3v) is 3.49. The van der Waals surface area contributed by atoms with Gasteiger partial charge in [0, 0.05) is 21.8 Å². The van der Waals surface area contributed by atoms with Crippen molar-refractivity contribution < 1.29 is 18.3 Å². The molecule has 0 aliphatic heterocycles. The first-order valence-electron chi connectivity index (χ1n) is 6.92. The van der Waals surface area contributed by atoms with Crippen LogP contribution in [0.5, 0.6) is 11.5 Å². The molecule has 0 spiro atoms. The summed E-state index contributed by atoms with van der Waals surface area (Å²) in [7, 11) is 1.56. The van der Waals surface area contributed by atoms with Gasteiger partial charge in [-0.2, -0.15) is 8.78 Å². The number of hydrogen-bond acceptors (Lipinski definition) is 3. The molecule has 0 fully saturated rings. The molecule has 2 rings (SSSR count). The van der Waals surface area contributed by atoms with Gasteiger partial charge in [0.25, 0.3) is 0 Å². The number of halogens is 3. The fourth-order valence-corrected chi connectivity index (χ4v) is 2.35. The highest BCUT2D eigenvalue weighted by Gasteiger charge is 2.10. The van der Waals surface area contributed by atoms with Crippen molar-refractivity contribution in [1.29, 1.82) is 0 Å². The first-order chi connectivity index (χ1) is 11.5. The summed E-state index contributed by atoms with van der Waals surface area (Å²) >= 11 is 3.29. The van der Waals surface area contributed by atoms with Gasteiger partial charge < -0.3 is 20.5 Å². The summed E-state index contributed by atoms with van der Waals surface area (Å²) in [6.45, 7) is -2.81. The molecule has 0 saturated carbocycles. The van der Waals surface area contributed by atoms with Gasteiger partial charge >= 0.3 is 6.61 Å². The van der Waals surface area contributed by atoms with Crippen molar-refractivity contribution >= 4 is 27.6 Å². The Kier molecular flexibility index (Phi) is 6.36. The zero-order valence-corrected chi connectivity index (χ0v) is 14.4. The van der Waals surface area contributed by atoms with E-state index in [2.05, 4.69) is 31.0 Å². The monoisotopic (exact) mass is 399 g/mol. The largest absolute Gasteiger partial charge is 0.497 e. The molecule has 24 heavy (non-hydrogen) atoms. The Hall–Kier alpha value is -2.35. The molecule has 0 amide bonds. The molecule has 0 atom stereocenters. The molecule has 128 valence electrons. The molecule has 0 saturated heterocycles. The highest BCUT2D eigenvalue weighted by atomic mass is 79.9. The normalized spacial score (nSPS) is 11.5. The summed E-state index contributed by atoms with van der Waals surface area (Å²) in [5.74, 6) is 0.879. The maximum absolute atomic E-state index is 12.4. The molecule has 0 bridgehead atoms. The molecule has 2 aromatic rings. The Morgan fingerprint density at radius 3 is 2.79 bits per heavy atom. The van der Waals surface area contributed by atoms with Crippen LogP contribution < -0.4 is 20.5 Å². The van der Waals surface area contributed by atoms with Gasteiger partial charge in [-0.05, 0) is 30.3 Å². The van der Waals surface area contributed by atoms with Crippen molar-refractivity contribution in [2.45, 2.75) is 13.2 Å². The van der Waals surface area contributed by atoms with Crippen LogP contribution in [0.25, 0.3) is 0 Å². The lowest BCUT2D eigenvalue weighted by molar-refractivity contribution is -0.0504. The second-order valence-corrected chi connectivity index (χ2v) is 5.60. The van der Waals surface area contributed by atoms with Gasteiger partial charge in [0.15, 0.2) is 5.96 Å². The van der Waals surface area contributed by atoms with E-state index in [1.807, 2.05) is 0 Å². The van der Waals surface area contributed by atoms with E-state index >= 15 is 0 Å². The van der Waals surface area contributed by atoms with Crippen LogP contribution in [-0.4, -0.2) is 19.7 Å². The number of nitrogens with zero attached hydrogens (tertiary/aromatic N) is 1. The molecule has 0 aliphatic rings.